The number of carbonyl (C=O) groups excluding carboxylic acids is 1. The first-order valence-corrected chi connectivity index (χ1v) is 7.81. The van der Waals surface area contributed by atoms with Gasteiger partial charge in [-0.25, -0.2) is 4.98 Å². The molecule has 1 aromatic carbocycles. The zero-order valence-electron chi connectivity index (χ0n) is 13.2. The molecule has 3 rings (SSSR count). The predicted molar refractivity (Wildman–Crippen MR) is 92.5 cm³/mol. The second-order valence-electron chi connectivity index (χ2n) is 5.09. The molecular weight excluding hydrogens is 348 g/mol. The first kappa shape index (κ1) is 16.6. The van der Waals surface area contributed by atoms with Gasteiger partial charge in [0.05, 0.1) is 27.8 Å². The van der Waals surface area contributed by atoms with E-state index < -0.39 is 10.8 Å². The van der Waals surface area contributed by atoms with Gasteiger partial charge in [0.25, 0.3) is 17.2 Å². The number of carbonyl (C=O) groups is 1. The molecule has 0 spiro atoms. The summed E-state index contributed by atoms with van der Waals surface area (Å²) in [6.45, 7) is 0. The Bertz CT molecular complexity index is 1060. The highest BCUT2D eigenvalue weighted by molar-refractivity contribution is 7.22. The Hall–Kier alpha value is -3.27. The van der Waals surface area contributed by atoms with Crippen molar-refractivity contribution in [1.82, 2.24) is 9.55 Å². The molecule has 10 heteroatoms. The van der Waals surface area contributed by atoms with Gasteiger partial charge in [-0.2, -0.15) is 0 Å². The van der Waals surface area contributed by atoms with Gasteiger partial charge in [-0.3, -0.25) is 25.0 Å². The van der Waals surface area contributed by atoms with E-state index in [9.17, 15) is 19.7 Å². The van der Waals surface area contributed by atoms with Crippen LogP contribution in [0.3, 0.4) is 0 Å². The van der Waals surface area contributed by atoms with Crippen LogP contribution in [0.2, 0.25) is 0 Å². The van der Waals surface area contributed by atoms with Gasteiger partial charge in [0.2, 0.25) is 0 Å². The molecular formula is C15H12N4O5S. The number of methoxy groups -OCH3 is 1. The van der Waals surface area contributed by atoms with Crippen molar-refractivity contribution in [3.05, 3.63) is 56.5 Å². The fourth-order valence-electron chi connectivity index (χ4n) is 2.20. The van der Waals surface area contributed by atoms with Crippen molar-refractivity contribution in [3.8, 4) is 5.75 Å². The van der Waals surface area contributed by atoms with Gasteiger partial charge in [0.1, 0.15) is 5.75 Å². The Morgan fingerprint density at radius 1 is 1.40 bits per heavy atom. The third-order valence-electron chi connectivity index (χ3n) is 3.46. The van der Waals surface area contributed by atoms with Gasteiger partial charge >= 0.3 is 0 Å². The van der Waals surface area contributed by atoms with Crippen LogP contribution in [-0.4, -0.2) is 27.5 Å². The van der Waals surface area contributed by atoms with E-state index in [1.54, 1.807) is 0 Å². The zero-order valence-corrected chi connectivity index (χ0v) is 14.0. The highest BCUT2D eigenvalue weighted by atomic mass is 32.1. The molecule has 0 atom stereocenters. The van der Waals surface area contributed by atoms with Crippen LogP contribution in [0.5, 0.6) is 5.75 Å². The van der Waals surface area contributed by atoms with Crippen molar-refractivity contribution in [2.75, 3.05) is 12.4 Å². The summed E-state index contributed by atoms with van der Waals surface area (Å²) in [6.07, 6.45) is 1.37. The fourth-order valence-corrected chi connectivity index (χ4v) is 3.09. The molecule has 1 N–H and O–H groups in total. The summed E-state index contributed by atoms with van der Waals surface area (Å²) in [5.74, 6) is -0.349. The van der Waals surface area contributed by atoms with Crippen molar-refractivity contribution in [2.45, 2.75) is 0 Å². The number of rotatable bonds is 4. The average Bonchev–Trinajstić information content (AvgIpc) is 2.97. The minimum atomic E-state index is -0.499. The summed E-state index contributed by atoms with van der Waals surface area (Å²) in [6, 6.07) is 5.49. The van der Waals surface area contributed by atoms with Gasteiger partial charge in [-0.05, 0) is 6.07 Å². The van der Waals surface area contributed by atoms with Crippen LogP contribution in [0, 0.1) is 10.1 Å². The van der Waals surface area contributed by atoms with E-state index in [1.165, 1.54) is 49.2 Å². The van der Waals surface area contributed by atoms with E-state index in [0.29, 0.717) is 10.2 Å². The molecule has 0 bridgehead atoms. The number of nitrogens with one attached hydrogen (secondary N) is 1. The van der Waals surface area contributed by atoms with Crippen LogP contribution in [0.25, 0.3) is 10.2 Å². The molecule has 0 aliphatic rings. The number of aromatic nitrogens is 2. The molecule has 0 radical (unpaired) electrons. The summed E-state index contributed by atoms with van der Waals surface area (Å²) in [4.78, 5) is 38.6. The highest BCUT2D eigenvalue weighted by Crippen LogP contribution is 2.29. The Labute approximate surface area is 144 Å². The quantitative estimate of drug-likeness (QED) is 0.563. The number of pyridine rings is 1. The molecule has 25 heavy (non-hydrogen) atoms. The topological polar surface area (TPSA) is 116 Å². The molecule has 0 unspecified atom stereocenters. The molecule has 128 valence electrons. The summed E-state index contributed by atoms with van der Waals surface area (Å²) in [5, 5.41) is 13.7. The minimum absolute atomic E-state index is 0.0474. The van der Waals surface area contributed by atoms with Crippen molar-refractivity contribution in [1.29, 1.82) is 0 Å². The van der Waals surface area contributed by atoms with Crippen LogP contribution in [0.1, 0.15) is 10.4 Å². The van der Waals surface area contributed by atoms with E-state index >= 15 is 0 Å². The van der Waals surface area contributed by atoms with E-state index in [1.807, 2.05) is 0 Å². The molecule has 1 amide bonds. The molecule has 3 aromatic rings. The lowest BCUT2D eigenvalue weighted by Crippen LogP contribution is -2.21. The molecule has 0 aliphatic carbocycles. The number of non-ortho nitro benzene ring substituents is 1. The number of aryl methyl sites for hydroxylation is 1. The highest BCUT2D eigenvalue weighted by Gasteiger charge is 2.17. The van der Waals surface area contributed by atoms with Crippen molar-refractivity contribution in [2.24, 2.45) is 7.05 Å². The molecule has 0 saturated carbocycles. The number of fused-ring (bicyclic) bond motifs is 1. The molecule has 0 saturated heterocycles. The average molecular weight is 360 g/mol. The van der Waals surface area contributed by atoms with Crippen LogP contribution in [-0.2, 0) is 7.05 Å². The Morgan fingerprint density at radius 3 is 2.84 bits per heavy atom. The lowest BCUT2D eigenvalue weighted by Gasteiger charge is -2.09. The van der Waals surface area contributed by atoms with Crippen LogP contribution in [0.15, 0.2) is 35.3 Å². The number of hydrogen-bond donors (Lipinski definition) is 1. The Morgan fingerprint density at radius 2 is 2.16 bits per heavy atom. The van der Waals surface area contributed by atoms with E-state index in [2.05, 4.69) is 10.3 Å². The SMILES string of the molecule is COc1cc(=O)n(C)cc1C(=O)Nc1nc2ccc([N+](=O)[O-])cc2s1. The number of nitro groups is 1. The van der Waals surface area contributed by atoms with Crippen LogP contribution < -0.4 is 15.6 Å². The largest absolute Gasteiger partial charge is 0.496 e. The second kappa shape index (κ2) is 6.32. The third kappa shape index (κ3) is 3.19. The zero-order chi connectivity index (χ0) is 18.1. The first-order valence-electron chi connectivity index (χ1n) is 7.00. The number of thiazole rings is 1. The summed E-state index contributed by atoms with van der Waals surface area (Å²) >= 11 is 1.12. The number of nitro benzene ring substituents is 1. The van der Waals surface area contributed by atoms with Gasteiger partial charge in [-0.15, -0.1) is 0 Å². The van der Waals surface area contributed by atoms with E-state index in [4.69, 9.17) is 4.74 Å². The molecule has 9 nitrogen and oxygen atoms in total. The summed E-state index contributed by atoms with van der Waals surface area (Å²) in [7, 11) is 2.89. The van der Waals surface area contributed by atoms with E-state index in [-0.39, 0.29) is 27.7 Å². The number of nitrogens with zero attached hydrogens (tertiary/aromatic N) is 3. The van der Waals surface area contributed by atoms with Crippen LogP contribution >= 0.6 is 11.3 Å². The van der Waals surface area contributed by atoms with E-state index in [0.717, 1.165) is 11.3 Å². The maximum atomic E-state index is 12.5. The number of hydrogen-bond acceptors (Lipinski definition) is 7. The second-order valence-corrected chi connectivity index (χ2v) is 6.12. The van der Waals surface area contributed by atoms with Crippen molar-refractivity contribution in [3.63, 3.8) is 0 Å². The first-order chi connectivity index (χ1) is 11.9. The lowest BCUT2D eigenvalue weighted by atomic mass is 10.2. The number of anilines is 1. The smallest absolute Gasteiger partial charge is 0.270 e. The predicted octanol–water partition coefficient (Wildman–Crippen LogP) is 2.16. The third-order valence-corrected chi connectivity index (χ3v) is 4.39. The monoisotopic (exact) mass is 360 g/mol. The lowest BCUT2D eigenvalue weighted by molar-refractivity contribution is -0.384. The van der Waals surface area contributed by atoms with Gasteiger partial charge < -0.3 is 9.30 Å². The number of amides is 1. The molecule has 2 heterocycles. The van der Waals surface area contributed by atoms with Crippen molar-refractivity contribution >= 4 is 38.3 Å². The van der Waals surface area contributed by atoms with Gasteiger partial charge in [0, 0.05) is 31.4 Å². The van der Waals surface area contributed by atoms with Crippen molar-refractivity contribution < 1.29 is 14.5 Å². The minimum Gasteiger partial charge on any atom is -0.496 e. The standard InChI is InChI=1S/C15H12N4O5S/c1-18-7-9(11(24-2)6-13(18)20)14(21)17-15-16-10-4-3-8(19(22)23)5-12(10)25-15/h3-7H,1-2H3,(H,16,17,21). The normalized spacial score (nSPS) is 10.6. The van der Waals surface area contributed by atoms with Crippen LogP contribution in [0.4, 0.5) is 10.8 Å². The molecule has 0 aliphatic heterocycles. The maximum Gasteiger partial charge on any atom is 0.270 e. The number of benzene rings is 1. The Kier molecular flexibility index (Phi) is 4.19. The Balaban J connectivity index is 1.93. The number of ether oxygens (including phenoxy) is 1. The molecule has 2 aromatic heterocycles. The summed E-state index contributed by atoms with van der Waals surface area (Å²) in [5.41, 5.74) is 0.364. The summed E-state index contributed by atoms with van der Waals surface area (Å²) < 4.78 is 6.92. The van der Waals surface area contributed by atoms with Gasteiger partial charge in [0.15, 0.2) is 5.13 Å². The fraction of sp³-hybridized carbons (Fsp3) is 0.133. The maximum absolute atomic E-state index is 12.5. The van der Waals surface area contributed by atoms with Gasteiger partial charge in [-0.1, -0.05) is 11.3 Å². The molecule has 0 fully saturated rings.